The lowest BCUT2D eigenvalue weighted by molar-refractivity contribution is -0.117. The molecule has 2 aromatic carbocycles. The number of pyridine rings is 1. The minimum absolute atomic E-state index is 0.0654. The Labute approximate surface area is 149 Å². The molecule has 3 rings (SSSR count). The van der Waals surface area contributed by atoms with Crippen LogP contribution in [-0.4, -0.2) is 24.4 Å². The highest BCUT2D eigenvalue weighted by molar-refractivity contribution is 7.90. The molecule has 1 aromatic heterocycles. The van der Waals surface area contributed by atoms with Gasteiger partial charge in [-0.3, -0.25) is 9.78 Å². The Morgan fingerprint density at radius 3 is 2.50 bits per heavy atom. The number of aromatic hydroxyl groups is 1. The summed E-state index contributed by atoms with van der Waals surface area (Å²) in [6.45, 7) is 1.12. The van der Waals surface area contributed by atoms with Gasteiger partial charge in [0.1, 0.15) is 11.2 Å². The lowest BCUT2D eigenvalue weighted by Gasteiger charge is -2.04. The van der Waals surface area contributed by atoms with E-state index in [0.29, 0.717) is 11.2 Å². The highest BCUT2D eigenvalue weighted by atomic mass is 32.2. The summed E-state index contributed by atoms with van der Waals surface area (Å²) in [5, 5.41) is 19.0. The van der Waals surface area contributed by atoms with Crippen LogP contribution in [0.2, 0.25) is 0 Å². The molecule has 0 atom stereocenters. The molecule has 2 N–H and O–H groups in total. The Bertz CT molecular complexity index is 1110. The van der Waals surface area contributed by atoms with Crippen LogP contribution in [0.3, 0.4) is 0 Å². The Hall–Kier alpha value is -3.33. The van der Waals surface area contributed by atoms with Gasteiger partial charge < -0.3 is 5.11 Å². The van der Waals surface area contributed by atoms with Crippen molar-refractivity contribution in [3.05, 3.63) is 54.7 Å². The van der Waals surface area contributed by atoms with Gasteiger partial charge >= 0.3 is 0 Å². The molecular formula is C17H14N4O4S. The fourth-order valence-electron chi connectivity index (χ4n) is 2.25. The predicted octanol–water partition coefficient (Wildman–Crippen LogP) is 3.18. The fraction of sp³-hybridized carbons (Fsp3) is 0.0588. The minimum Gasteiger partial charge on any atom is -0.504 e. The van der Waals surface area contributed by atoms with Crippen molar-refractivity contribution >= 4 is 38.2 Å². The highest BCUT2D eigenvalue weighted by Gasteiger charge is 2.15. The van der Waals surface area contributed by atoms with Crippen molar-refractivity contribution in [1.82, 2.24) is 9.71 Å². The first-order valence-corrected chi connectivity index (χ1v) is 8.97. The average molecular weight is 370 g/mol. The summed E-state index contributed by atoms with van der Waals surface area (Å²) in [5.41, 5.74) is 1.04. The summed E-state index contributed by atoms with van der Waals surface area (Å²) in [7, 11) is -3.89. The quantitative estimate of drug-likeness (QED) is 0.683. The topological polar surface area (TPSA) is 121 Å². The van der Waals surface area contributed by atoms with Gasteiger partial charge in [0.25, 0.3) is 10.0 Å². The number of nitrogens with one attached hydrogen (secondary N) is 1. The zero-order valence-electron chi connectivity index (χ0n) is 13.6. The Morgan fingerprint density at radius 1 is 1.08 bits per heavy atom. The summed E-state index contributed by atoms with van der Waals surface area (Å²) in [6.07, 6.45) is 1.57. The van der Waals surface area contributed by atoms with E-state index >= 15 is 0 Å². The van der Waals surface area contributed by atoms with E-state index in [9.17, 15) is 18.3 Å². The second-order valence-corrected chi connectivity index (χ2v) is 7.05. The largest absolute Gasteiger partial charge is 0.504 e. The molecule has 0 fully saturated rings. The highest BCUT2D eigenvalue weighted by Crippen LogP contribution is 2.34. The van der Waals surface area contributed by atoms with E-state index < -0.39 is 15.9 Å². The number of hydrogen-bond donors (Lipinski definition) is 2. The van der Waals surface area contributed by atoms with Crippen LogP contribution in [0.15, 0.2) is 69.9 Å². The number of sulfonamides is 1. The van der Waals surface area contributed by atoms with Gasteiger partial charge in [0, 0.05) is 18.5 Å². The van der Waals surface area contributed by atoms with Crippen molar-refractivity contribution < 1.29 is 18.3 Å². The number of carbonyl (C=O) groups excluding carboxylic acids is 1. The van der Waals surface area contributed by atoms with E-state index in [1.54, 1.807) is 24.4 Å². The number of phenolic OH excluding ortho intramolecular Hbond substituents is 1. The van der Waals surface area contributed by atoms with Gasteiger partial charge in [-0.1, -0.05) is 12.1 Å². The number of amides is 1. The number of rotatable bonds is 4. The van der Waals surface area contributed by atoms with Gasteiger partial charge in [0.2, 0.25) is 5.91 Å². The fourth-order valence-corrected chi connectivity index (χ4v) is 3.24. The Balaban J connectivity index is 1.86. The second-order valence-electron chi connectivity index (χ2n) is 5.36. The molecule has 26 heavy (non-hydrogen) atoms. The molecular weight excluding hydrogens is 356 g/mol. The van der Waals surface area contributed by atoms with E-state index in [2.05, 4.69) is 15.2 Å². The molecule has 0 bridgehead atoms. The SMILES string of the molecule is CC(=O)NS(=O)(=O)c1ccc(N=Nc2ccc3cccnc3c2O)cc1. The summed E-state index contributed by atoms with van der Waals surface area (Å²) >= 11 is 0. The number of nitrogens with zero attached hydrogens (tertiary/aromatic N) is 3. The van der Waals surface area contributed by atoms with Gasteiger partial charge in [-0.2, -0.15) is 5.11 Å². The maximum absolute atomic E-state index is 11.9. The molecule has 0 aliphatic heterocycles. The summed E-state index contributed by atoms with van der Waals surface area (Å²) < 4.78 is 25.6. The third-order valence-corrected chi connectivity index (χ3v) is 4.87. The molecule has 1 heterocycles. The van der Waals surface area contributed by atoms with Crippen molar-refractivity contribution in [3.63, 3.8) is 0 Å². The normalized spacial score (nSPS) is 11.7. The Kier molecular flexibility index (Phi) is 4.63. The number of fused-ring (bicyclic) bond motifs is 1. The van der Waals surface area contributed by atoms with Crippen molar-refractivity contribution in [1.29, 1.82) is 0 Å². The number of carbonyl (C=O) groups is 1. The maximum Gasteiger partial charge on any atom is 0.264 e. The number of azo groups is 1. The van der Waals surface area contributed by atoms with Crippen molar-refractivity contribution in [3.8, 4) is 5.75 Å². The number of phenols is 1. The molecule has 9 heteroatoms. The van der Waals surface area contributed by atoms with Crippen LogP contribution in [0.5, 0.6) is 5.75 Å². The summed E-state index contributed by atoms with van der Waals surface area (Å²) in [5.74, 6) is -0.758. The molecule has 8 nitrogen and oxygen atoms in total. The van der Waals surface area contributed by atoms with Crippen LogP contribution in [0.4, 0.5) is 11.4 Å². The molecule has 0 saturated heterocycles. The van der Waals surface area contributed by atoms with E-state index in [0.717, 1.165) is 12.3 Å². The minimum atomic E-state index is -3.89. The van der Waals surface area contributed by atoms with E-state index in [-0.39, 0.29) is 16.3 Å². The van der Waals surface area contributed by atoms with E-state index in [4.69, 9.17) is 0 Å². The van der Waals surface area contributed by atoms with Crippen molar-refractivity contribution in [2.75, 3.05) is 0 Å². The molecule has 0 saturated carbocycles. The third kappa shape index (κ3) is 3.67. The van der Waals surface area contributed by atoms with E-state index in [1.165, 1.54) is 24.3 Å². The first-order valence-electron chi connectivity index (χ1n) is 7.49. The maximum atomic E-state index is 11.9. The van der Waals surface area contributed by atoms with Crippen LogP contribution in [0, 0.1) is 0 Å². The smallest absolute Gasteiger partial charge is 0.264 e. The molecule has 132 valence electrons. The summed E-state index contributed by atoms with van der Waals surface area (Å²) in [6, 6.07) is 12.4. The standard InChI is InChI=1S/C17H14N4O4S/c1-11(22)21-26(24,25)14-7-5-13(6-8-14)19-20-15-9-4-12-3-2-10-18-16(12)17(15)23/h2-10,23H,1H3,(H,21,22). The number of hydrogen-bond acceptors (Lipinski definition) is 7. The van der Waals surface area contributed by atoms with Crippen LogP contribution in [-0.2, 0) is 14.8 Å². The van der Waals surface area contributed by atoms with Gasteiger partial charge in [-0.05, 0) is 36.4 Å². The zero-order chi connectivity index (χ0) is 18.7. The molecule has 1 amide bonds. The van der Waals surface area contributed by atoms with Crippen LogP contribution < -0.4 is 4.72 Å². The van der Waals surface area contributed by atoms with E-state index in [1.807, 2.05) is 10.8 Å². The first-order chi connectivity index (χ1) is 12.4. The Morgan fingerprint density at radius 2 is 1.81 bits per heavy atom. The molecule has 0 aliphatic carbocycles. The lowest BCUT2D eigenvalue weighted by atomic mass is 10.2. The van der Waals surface area contributed by atoms with Gasteiger partial charge in [0.05, 0.1) is 10.6 Å². The third-order valence-electron chi connectivity index (χ3n) is 3.42. The predicted molar refractivity (Wildman–Crippen MR) is 95.0 cm³/mol. The average Bonchev–Trinajstić information content (AvgIpc) is 2.61. The van der Waals surface area contributed by atoms with Crippen LogP contribution in [0.1, 0.15) is 6.92 Å². The van der Waals surface area contributed by atoms with Crippen LogP contribution >= 0.6 is 0 Å². The molecule has 3 aromatic rings. The van der Waals surface area contributed by atoms with Crippen molar-refractivity contribution in [2.45, 2.75) is 11.8 Å². The molecule has 0 spiro atoms. The van der Waals surface area contributed by atoms with Crippen LogP contribution in [0.25, 0.3) is 10.9 Å². The monoisotopic (exact) mass is 370 g/mol. The number of aromatic nitrogens is 1. The van der Waals surface area contributed by atoms with Crippen molar-refractivity contribution in [2.24, 2.45) is 10.2 Å². The van der Waals surface area contributed by atoms with Gasteiger partial charge in [-0.15, -0.1) is 5.11 Å². The molecule has 0 aliphatic rings. The first kappa shape index (κ1) is 17.5. The number of benzene rings is 2. The molecule has 0 radical (unpaired) electrons. The van der Waals surface area contributed by atoms with Gasteiger partial charge in [0.15, 0.2) is 5.75 Å². The second kappa shape index (κ2) is 6.89. The molecule has 0 unspecified atom stereocenters. The zero-order valence-corrected chi connectivity index (χ0v) is 14.4. The summed E-state index contributed by atoms with van der Waals surface area (Å²) in [4.78, 5) is 15.0. The lowest BCUT2D eigenvalue weighted by Crippen LogP contribution is -2.28. The van der Waals surface area contributed by atoms with Gasteiger partial charge in [-0.25, -0.2) is 13.1 Å².